The topological polar surface area (TPSA) is 76.7 Å². The quantitative estimate of drug-likeness (QED) is 0.692. The van der Waals surface area contributed by atoms with E-state index in [9.17, 15) is 9.59 Å². The number of thioether (sulfide) groups is 1. The van der Waals surface area contributed by atoms with E-state index in [4.69, 9.17) is 9.47 Å². The second kappa shape index (κ2) is 10.2. The van der Waals surface area contributed by atoms with Crippen molar-refractivity contribution in [3.63, 3.8) is 0 Å². The molecule has 0 spiro atoms. The monoisotopic (exact) mass is 426 g/mol. The number of hydrogen-bond donors (Lipinski definition) is 2. The Morgan fingerprint density at radius 1 is 1.13 bits per heavy atom. The molecular formula is C23H26N2O4S. The second-order valence-corrected chi connectivity index (χ2v) is 8.16. The van der Waals surface area contributed by atoms with Crippen molar-refractivity contribution in [2.75, 3.05) is 17.7 Å². The molecule has 0 radical (unpaired) electrons. The third-order valence-electron chi connectivity index (χ3n) is 4.37. The summed E-state index contributed by atoms with van der Waals surface area (Å²) in [7, 11) is 0. The lowest BCUT2D eigenvalue weighted by molar-refractivity contribution is -0.116. The molecule has 2 N–H and O–H groups in total. The van der Waals surface area contributed by atoms with Crippen LogP contribution in [0.5, 0.6) is 5.75 Å². The first-order chi connectivity index (χ1) is 14.4. The maximum absolute atomic E-state index is 12.6. The third kappa shape index (κ3) is 6.03. The fraction of sp³-hybridized carbons (Fsp3) is 0.304. The van der Waals surface area contributed by atoms with Crippen LogP contribution in [0.2, 0.25) is 0 Å². The Kier molecular flexibility index (Phi) is 7.41. The summed E-state index contributed by atoms with van der Waals surface area (Å²) in [5.74, 6) is 1.40. The molecule has 2 aromatic rings. The molecule has 0 saturated carbocycles. The first-order valence-corrected chi connectivity index (χ1v) is 10.9. The number of ether oxygens (including phenoxy) is 2. The predicted octanol–water partition coefficient (Wildman–Crippen LogP) is 4.26. The molecule has 1 heterocycles. The van der Waals surface area contributed by atoms with Crippen molar-refractivity contribution < 1.29 is 19.1 Å². The zero-order valence-electron chi connectivity index (χ0n) is 17.4. The van der Waals surface area contributed by atoms with E-state index in [2.05, 4.69) is 10.6 Å². The van der Waals surface area contributed by atoms with Crippen LogP contribution in [0, 0.1) is 6.92 Å². The highest BCUT2D eigenvalue weighted by molar-refractivity contribution is 8.02. The molecule has 0 aliphatic carbocycles. The van der Waals surface area contributed by atoms with Crippen LogP contribution >= 0.6 is 11.8 Å². The fourth-order valence-corrected chi connectivity index (χ4v) is 3.44. The van der Waals surface area contributed by atoms with Crippen LogP contribution in [0.3, 0.4) is 0 Å². The molecule has 0 saturated heterocycles. The Bertz CT molecular complexity index is 939. The van der Waals surface area contributed by atoms with E-state index in [1.807, 2.05) is 51.1 Å². The zero-order valence-corrected chi connectivity index (χ0v) is 18.2. The normalized spacial score (nSPS) is 13.3. The molecule has 0 bridgehead atoms. The first-order valence-electron chi connectivity index (χ1n) is 9.83. The van der Waals surface area contributed by atoms with Gasteiger partial charge >= 0.3 is 0 Å². The van der Waals surface area contributed by atoms with E-state index in [0.29, 0.717) is 30.2 Å². The van der Waals surface area contributed by atoms with Gasteiger partial charge in [0.2, 0.25) is 0 Å². The van der Waals surface area contributed by atoms with Gasteiger partial charge in [-0.1, -0.05) is 18.2 Å². The Labute approximate surface area is 181 Å². The summed E-state index contributed by atoms with van der Waals surface area (Å²) < 4.78 is 11.0. The van der Waals surface area contributed by atoms with Crippen molar-refractivity contribution in [3.05, 3.63) is 70.3 Å². The van der Waals surface area contributed by atoms with Crippen molar-refractivity contribution in [1.29, 1.82) is 0 Å². The molecule has 0 aromatic heterocycles. The number of amides is 2. The average Bonchev–Trinajstić information content (AvgIpc) is 2.74. The lowest BCUT2D eigenvalue weighted by Crippen LogP contribution is -2.23. The van der Waals surface area contributed by atoms with Gasteiger partial charge in [0.15, 0.2) is 5.76 Å². The maximum Gasteiger partial charge on any atom is 0.291 e. The van der Waals surface area contributed by atoms with Gasteiger partial charge in [0.25, 0.3) is 11.8 Å². The van der Waals surface area contributed by atoms with Gasteiger partial charge in [0.1, 0.15) is 5.75 Å². The molecule has 1 aliphatic heterocycles. The van der Waals surface area contributed by atoms with Crippen molar-refractivity contribution >= 4 is 29.3 Å². The first kappa shape index (κ1) is 21.8. The van der Waals surface area contributed by atoms with Gasteiger partial charge in [0.05, 0.1) is 12.7 Å². The van der Waals surface area contributed by atoms with E-state index in [0.717, 1.165) is 22.6 Å². The molecule has 1 aliphatic rings. The minimum Gasteiger partial charge on any atom is -0.491 e. The number of hydrogen-bond acceptors (Lipinski definition) is 5. The number of carbonyl (C=O) groups is 2. The maximum atomic E-state index is 12.6. The smallest absolute Gasteiger partial charge is 0.291 e. The number of benzene rings is 2. The lowest BCUT2D eigenvalue weighted by atomic mass is 10.1. The van der Waals surface area contributed by atoms with Crippen LogP contribution in [0.1, 0.15) is 35.3 Å². The number of aryl methyl sites for hydroxylation is 1. The number of rotatable bonds is 7. The van der Waals surface area contributed by atoms with Gasteiger partial charge in [-0.05, 0) is 56.2 Å². The summed E-state index contributed by atoms with van der Waals surface area (Å²) in [6, 6.07) is 12.9. The summed E-state index contributed by atoms with van der Waals surface area (Å²) in [5, 5.41) is 7.45. The molecule has 7 heteroatoms. The van der Waals surface area contributed by atoms with E-state index in [1.165, 1.54) is 0 Å². The molecule has 2 aromatic carbocycles. The highest BCUT2D eigenvalue weighted by Gasteiger charge is 2.16. The van der Waals surface area contributed by atoms with E-state index in [-0.39, 0.29) is 17.9 Å². The van der Waals surface area contributed by atoms with Crippen molar-refractivity contribution in [2.24, 2.45) is 0 Å². The summed E-state index contributed by atoms with van der Waals surface area (Å²) in [6.45, 7) is 6.74. The minimum absolute atomic E-state index is 0.117. The van der Waals surface area contributed by atoms with Crippen LogP contribution in [-0.2, 0) is 16.1 Å². The summed E-state index contributed by atoms with van der Waals surface area (Å²) in [6.07, 6.45) is 0.117. The number of anilines is 1. The van der Waals surface area contributed by atoms with Gasteiger partial charge in [-0.2, -0.15) is 0 Å². The van der Waals surface area contributed by atoms with Crippen LogP contribution in [0.4, 0.5) is 5.69 Å². The van der Waals surface area contributed by atoms with Crippen molar-refractivity contribution in [3.8, 4) is 5.75 Å². The van der Waals surface area contributed by atoms with Crippen LogP contribution in [-0.4, -0.2) is 30.3 Å². The molecule has 0 atom stereocenters. The summed E-state index contributed by atoms with van der Waals surface area (Å²) in [4.78, 5) is 25.0. The van der Waals surface area contributed by atoms with Gasteiger partial charge in [-0.25, -0.2) is 0 Å². The Hall–Kier alpha value is -2.93. The Balaban J connectivity index is 1.61. The molecule has 0 fully saturated rings. The van der Waals surface area contributed by atoms with Gasteiger partial charge < -0.3 is 20.1 Å². The van der Waals surface area contributed by atoms with Gasteiger partial charge in [-0.15, -0.1) is 11.8 Å². The predicted molar refractivity (Wildman–Crippen MR) is 120 cm³/mol. The molecule has 30 heavy (non-hydrogen) atoms. The molecule has 158 valence electrons. The molecule has 6 nitrogen and oxygen atoms in total. The largest absolute Gasteiger partial charge is 0.491 e. The third-order valence-corrected chi connectivity index (χ3v) is 5.15. The van der Waals surface area contributed by atoms with Crippen LogP contribution in [0.15, 0.2) is 53.6 Å². The molecule has 3 rings (SSSR count). The van der Waals surface area contributed by atoms with Crippen LogP contribution < -0.4 is 15.4 Å². The Morgan fingerprint density at radius 3 is 2.57 bits per heavy atom. The van der Waals surface area contributed by atoms with Crippen LogP contribution in [0.25, 0.3) is 0 Å². The van der Waals surface area contributed by atoms with E-state index in [1.54, 1.807) is 29.3 Å². The van der Waals surface area contributed by atoms with Crippen molar-refractivity contribution in [2.45, 2.75) is 33.4 Å². The summed E-state index contributed by atoms with van der Waals surface area (Å²) in [5.41, 5.74) is 2.90. The Morgan fingerprint density at radius 2 is 1.90 bits per heavy atom. The number of nitrogens with one attached hydrogen (secondary N) is 2. The molecule has 0 unspecified atom stereocenters. The standard InChI is InChI=1S/C23H26N2O4S/c1-15(2)29-19-8-5-17(6-9-19)13-24-22(26)18-7-4-16(3)20(12-18)25-23(27)21-14-30-11-10-28-21/h4-9,12,14-15H,10-11,13H2,1-3H3,(H,24,26)(H,25,27). The zero-order chi connectivity index (χ0) is 21.5. The molecule has 2 amide bonds. The lowest BCUT2D eigenvalue weighted by Gasteiger charge is -2.15. The van der Waals surface area contributed by atoms with Gasteiger partial charge in [0, 0.05) is 29.0 Å². The summed E-state index contributed by atoms with van der Waals surface area (Å²) >= 11 is 1.54. The highest BCUT2D eigenvalue weighted by Crippen LogP contribution is 2.21. The highest BCUT2D eigenvalue weighted by atomic mass is 32.2. The average molecular weight is 427 g/mol. The minimum atomic E-state index is -0.313. The van der Waals surface area contributed by atoms with E-state index < -0.39 is 0 Å². The van der Waals surface area contributed by atoms with Crippen molar-refractivity contribution in [1.82, 2.24) is 5.32 Å². The van der Waals surface area contributed by atoms with E-state index >= 15 is 0 Å². The van der Waals surface area contributed by atoms with Gasteiger partial charge in [-0.3, -0.25) is 9.59 Å². The number of carbonyl (C=O) groups excluding carboxylic acids is 2. The molecular weight excluding hydrogens is 400 g/mol. The fourth-order valence-electron chi connectivity index (χ4n) is 2.81. The SMILES string of the molecule is Cc1ccc(C(=O)NCc2ccc(OC(C)C)cc2)cc1NC(=O)C1=CSCCO1. The second-order valence-electron chi connectivity index (χ2n) is 7.18.